The number of ether oxygens (including phenoxy) is 1. The van der Waals surface area contributed by atoms with E-state index in [1.54, 1.807) is 35.1 Å². The van der Waals surface area contributed by atoms with E-state index in [1.807, 2.05) is 36.4 Å². The van der Waals surface area contributed by atoms with Crippen LogP contribution in [0.15, 0.2) is 71.3 Å². The zero-order chi connectivity index (χ0) is 26.5. The lowest BCUT2D eigenvalue weighted by Gasteiger charge is -2.16. The summed E-state index contributed by atoms with van der Waals surface area (Å²) in [5.74, 6) is -0.494. The van der Waals surface area contributed by atoms with Crippen LogP contribution in [0, 0.1) is 11.3 Å². The third-order valence-corrected chi connectivity index (χ3v) is 8.65. The lowest BCUT2D eigenvalue weighted by molar-refractivity contribution is -0.117. The van der Waals surface area contributed by atoms with Crippen molar-refractivity contribution in [1.29, 1.82) is 5.26 Å². The molecule has 1 aromatic heterocycles. The summed E-state index contributed by atoms with van der Waals surface area (Å²) in [5, 5.41) is 17.3. The number of nitrogens with one attached hydrogen (secondary N) is 1. The van der Waals surface area contributed by atoms with Crippen molar-refractivity contribution in [2.24, 2.45) is 0 Å². The van der Waals surface area contributed by atoms with Crippen LogP contribution in [0.1, 0.15) is 31.2 Å². The summed E-state index contributed by atoms with van der Waals surface area (Å²) < 4.78 is 35.1. The van der Waals surface area contributed by atoms with Gasteiger partial charge in [0.15, 0.2) is 0 Å². The van der Waals surface area contributed by atoms with Gasteiger partial charge >= 0.3 is 0 Å². The van der Waals surface area contributed by atoms with Crippen molar-refractivity contribution in [2.75, 3.05) is 26.2 Å². The summed E-state index contributed by atoms with van der Waals surface area (Å²) >= 11 is 0. The van der Waals surface area contributed by atoms with E-state index in [1.165, 1.54) is 10.4 Å². The molecule has 0 spiro atoms. The third kappa shape index (κ3) is 5.55. The van der Waals surface area contributed by atoms with Crippen LogP contribution in [0.3, 0.4) is 0 Å². The maximum absolute atomic E-state index is 13.2. The fourth-order valence-electron chi connectivity index (χ4n) is 4.72. The predicted octanol–water partition coefficient (Wildman–Crippen LogP) is 3.53. The van der Waals surface area contributed by atoms with Gasteiger partial charge in [-0.15, -0.1) is 0 Å². The Morgan fingerprint density at radius 3 is 2.63 bits per heavy atom. The first-order chi connectivity index (χ1) is 18.5. The van der Waals surface area contributed by atoms with Gasteiger partial charge < -0.3 is 10.1 Å². The topological polar surface area (TPSA) is 117 Å². The smallest absolute Gasteiger partial charge is 0.262 e. The van der Waals surface area contributed by atoms with Gasteiger partial charge in [-0.05, 0) is 56.0 Å². The van der Waals surface area contributed by atoms with Gasteiger partial charge in [0.05, 0.1) is 16.7 Å². The summed E-state index contributed by atoms with van der Waals surface area (Å²) in [5.41, 5.74) is 2.27. The molecule has 10 heteroatoms. The van der Waals surface area contributed by atoms with Crippen LogP contribution in [0.2, 0.25) is 0 Å². The predicted molar refractivity (Wildman–Crippen MR) is 143 cm³/mol. The van der Waals surface area contributed by atoms with Crippen LogP contribution >= 0.6 is 0 Å². The molecule has 38 heavy (non-hydrogen) atoms. The van der Waals surface area contributed by atoms with Crippen molar-refractivity contribution in [3.63, 3.8) is 0 Å². The number of aromatic nitrogens is 2. The molecular weight excluding hydrogens is 502 g/mol. The van der Waals surface area contributed by atoms with Crippen molar-refractivity contribution in [1.82, 2.24) is 19.4 Å². The number of carbonyl (C=O) groups excluding carboxylic acids is 1. The zero-order valence-corrected chi connectivity index (χ0v) is 21.7. The van der Waals surface area contributed by atoms with E-state index in [2.05, 4.69) is 5.32 Å². The average Bonchev–Trinajstić information content (AvgIpc) is 3.73. The molecule has 5 rings (SSSR count). The summed E-state index contributed by atoms with van der Waals surface area (Å²) in [4.78, 5) is 13.0. The number of nitriles is 1. The first kappa shape index (κ1) is 25.9. The number of rotatable bonds is 8. The number of benzene rings is 2. The molecule has 2 aliphatic heterocycles. The van der Waals surface area contributed by atoms with Gasteiger partial charge in [-0.2, -0.15) is 14.7 Å². The van der Waals surface area contributed by atoms with Crippen molar-refractivity contribution >= 4 is 22.0 Å². The standard InChI is InChI=1S/C28H29N5O4S/c29-18-22(28(34)30-19-25-11-7-15-37-25)16-23-20-33(24-9-2-1-3-10-24)31-27(23)21-8-6-12-26(17-21)38(35,36)32-13-4-5-14-32/h1-3,6,8-10,12,16-17,20,25H,4-5,7,11,13-15,19H2,(H,30,34). The zero-order valence-electron chi connectivity index (χ0n) is 20.9. The molecule has 1 unspecified atom stereocenters. The van der Waals surface area contributed by atoms with Gasteiger partial charge in [-0.25, -0.2) is 13.1 Å². The second kappa shape index (κ2) is 11.3. The molecule has 1 amide bonds. The molecule has 3 aromatic rings. The largest absolute Gasteiger partial charge is 0.376 e. The van der Waals surface area contributed by atoms with Crippen LogP contribution in [0.4, 0.5) is 0 Å². The number of nitrogens with zero attached hydrogens (tertiary/aromatic N) is 4. The number of amides is 1. The molecule has 2 aromatic carbocycles. The van der Waals surface area contributed by atoms with Crippen molar-refractivity contribution < 1.29 is 17.9 Å². The summed E-state index contributed by atoms with van der Waals surface area (Å²) in [6, 6.07) is 18.1. The highest BCUT2D eigenvalue weighted by Gasteiger charge is 2.28. The molecule has 0 radical (unpaired) electrons. The lowest BCUT2D eigenvalue weighted by atomic mass is 10.1. The minimum atomic E-state index is -3.63. The third-order valence-electron chi connectivity index (χ3n) is 6.75. The maximum atomic E-state index is 13.2. The molecule has 1 atom stereocenters. The fourth-order valence-corrected chi connectivity index (χ4v) is 6.29. The molecule has 0 bridgehead atoms. The Kier molecular flexibility index (Phi) is 7.69. The normalized spacial score (nSPS) is 18.4. The van der Waals surface area contributed by atoms with Crippen molar-refractivity contribution in [3.05, 3.63) is 71.9 Å². The van der Waals surface area contributed by atoms with E-state index in [0.717, 1.165) is 31.4 Å². The Bertz CT molecular complexity index is 1480. The van der Waals surface area contributed by atoms with Gasteiger partial charge in [0.1, 0.15) is 17.3 Å². The Morgan fingerprint density at radius 1 is 1.13 bits per heavy atom. The molecule has 1 N–H and O–H groups in total. The quantitative estimate of drug-likeness (QED) is 0.351. The highest BCUT2D eigenvalue weighted by Crippen LogP contribution is 2.29. The molecule has 2 aliphatic rings. The van der Waals surface area contributed by atoms with E-state index in [-0.39, 0.29) is 16.6 Å². The minimum absolute atomic E-state index is 0.0458. The van der Waals surface area contributed by atoms with Gasteiger partial charge in [0.2, 0.25) is 10.0 Å². The summed E-state index contributed by atoms with van der Waals surface area (Å²) in [6.45, 7) is 2.03. The van der Waals surface area contributed by atoms with Crippen LogP contribution in [-0.2, 0) is 19.6 Å². The van der Waals surface area contributed by atoms with Gasteiger partial charge in [-0.1, -0.05) is 30.3 Å². The second-order valence-electron chi connectivity index (χ2n) is 9.37. The summed E-state index contributed by atoms with van der Waals surface area (Å²) in [7, 11) is -3.63. The van der Waals surface area contributed by atoms with Crippen LogP contribution < -0.4 is 5.32 Å². The molecular formula is C28H29N5O4S. The number of hydrogen-bond donors (Lipinski definition) is 1. The van der Waals surface area contributed by atoms with Crippen molar-refractivity contribution in [2.45, 2.75) is 36.7 Å². The maximum Gasteiger partial charge on any atom is 0.262 e. The molecule has 0 saturated carbocycles. The Labute approximate surface area is 222 Å². The van der Waals surface area contributed by atoms with E-state index in [4.69, 9.17) is 9.84 Å². The Balaban J connectivity index is 1.52. The molecule has 2 saturated heterocycles. The van der Waals surface area contributed by atoms with Crippen LogP contribution in [0.5, 0.6) is 0 Å². The number of sulfonamides is 1. The van der Waals surface area contributed by atoms with Gasteiger partial charge in [-0.3, -0.25) is 4.79 Å². The Hall–Kier alpha value is -3.78. The van der Waals surface area contributed by atoms with Gasteiger partial charge in [0, 0.05) is 43.6 Å². The molecule has 3 heterocycles. The molecule has 9 nitrogen and oxygen atoms in total. The van der Waals surface area contributed by atoms with E-state index in [0.29, 0.717) is 43.1 Å². The second-order valence-corrected chi connectivity index (χ2v) is 11.3. The number of hydrogen-bond acceptors (Lipinski definition) is 6. The first-order valence-corrected chi connectivity index (χ1v) is 14.2. The number of carbonyl (C=O) groups is 1. The first-order valence-electron chi connectivity index (χ1n) is 12.7. The summed E-state index contributed by atoms with van der Waals surface area (Å²) in [6.07, 6.45) is 6.70. The van der Waals surface area contributed by atoms with E-state index in [9.17, 15) is 18.5 Å². The monoisotopic (exact) mass is 531 g/mol. The minimum Gasteiger partial charge on any atom is -0.376 e. The van der Waals surface area contributed by atoms with Crippen LogP contribution in [0.25, 0.3) is 23.0 Å². The van der Waals surface area contributed by atoms with E-state index < -0.39 is 15.9 Å². The number of para-hydroxylation sites is 1. The molecule has 0 aliphatic carbocycles. The van der Waals surface area contributed by atoms with Crippen LogP contribution in [-0.4, -0.2) is 60.8 Å². The highest BCUT2D eigenvalue weighted by molar-refractivity contribution is 7.89. The van der Waals surface area contributed by atoms with Gasteiger partial charge in [0.25, 0.3) is 5.91 Å². The van der Waals surface area contributed by atoms with Crippen molar-refractivity contribution in [3.8, 4) is 23.0 Å². The fraction of sp³-hybridized carbons (Fsp3) is 0.321. The highest BCUT2D eigenvalue weighted by atomic mass is 32.2. The average molecular weight is 532 g/mol. The lowest BCUT2D eigenvalue weighted by Crippen LogP contribution is -2.32. The molecule has 2 fully saturated rings. The Morgan fingerprint density at radius 2 is 1.92 bits per heavy atom. The molecule has 196 valence electrons. The SMILES string of the molecule is N#CC(=Cc1cn(-c2ccccc2)nc1-c1cccc(S(=O)(=O)N2CCCC2)c1)C(=O)NCC1CCCO1. The van der Waals surface area contributed by atoms with E-state index >= 15 is 0 Å².